The van der Waals surface area contributed by atoms with Crippen LogP contribution in [0.2, 0.25) is 0 Å². The van der Waals surface area contributed by atoms with Gasteiger partial charge in [-0.1, -0.05) is 60.2 Å². The summed E-state index contributed by atoms with van der Waals surface area (Å²) in [7, 11) is 0. The standard InChI is InChI=1S/C21H22N4O/c1-16-6-5-9-18(14-16)15-22-19-11-12-20(25-24-19)23-21(26)13-10-17-7-3-2-4-8-17/h2-9,11-12,14H,10,13,15H2,1H3,(H,22,24)(H,23,25,26). The monoisotopic (exact) mass is 346 g/mol. The van der Waals surface area contributed by atoms with Crippen molar-refractivity contribution in [3.8, 4) is 0 Å². The van der Waals surface area contributed by atoms with Gasteiger partial charge in [0.25, 0.3) is 0 Å². The number of rotatable bonds is 7. The molecule has 5 nitrogen and oxygen atoms in total. The molecule has 1 amide bonds. The number of carbonyl (C=O) groups is 1. The van der Waals surface area contributed by atoms with Crippen molar-refractivity contribution in [3.63, 3.8) is 0 Å². The Hall–Kier alpha value is -3.21. The van der Waals surface area contributed by atoms with E-state index in [-0.39, 0.29) is 5.91 Å². The van der Waals surface area contributed by atoms with Crippen molar-refractivity contribution in [2.24, 2.45) is 0 Å². The van der Waals surface area contributed by atoms with Gasteiger partial charge in [0.05, 0.1) is 0 Å². The van der Waals surface area contributed by atoms with Crippen molar-refractivity contribution >= 4 is 17.5 Å². The number of amides is 1. The number of nitrogens with zero attached hydrogens (tertiary/aromatic N) is 2. The average molecular weight is 346 g/mol. The van der Waals surface area contributed by atoms with Crippen LogP contribution in [-0.4, -0.2) is 16.1 Å². The van der Waals surface area contributed by atoms with Crippen LogP contribution in [0.1, 0.15) is 23.1 Å². The van der Waals surface area contributed by atoms with E-state index in [2.05, 4.69) is 46.0 Å². The van der Waals surface area contributed by atoms with Crippen LogP contribution in [0.5, 0.6) is 0 Å². The van der Waals surface area contributed by atoms with Gasteiger partial charge in [0.2, 0.25) is 5.91 Å². The molecule has 26 heavy (non-hydrogen) atoms. The molecule has 0 fully saturated rings. The fraction of sp³-hybridized carbons (Fsp3) is 0.190. The van der Waals surface area contributed by atoms with E-state index in [1.807, 2.05) is 42.5 Å². The maximum atomic E-state index is 12.0. The van der Waals surface area contributed by atoms with E-state index in [0.717, 1.165) is 5.56 Å². The minimum atomic E-state index is -0.0661. The Balaban J connectivity index is 1.47. The lowest BCUT2D eigenvalue weighted by Crippen LogP contribution is -2.14. The average Bonchev–Trinajstić information content (AvgIpc) is 2.67. The summed E-state index contributed by atoms with van der Waals surface area (Å²) in [5, 5.41) is 14.2. The summed E-state index contributed by atoms with van der Waals surface area (Å²) in [5.74, 6) is 1.07. The Morgan fingerprint density at radius 1 is 0.885 bits per heavy atom. The molecule has 0 bridgehead atoms. The molecule has 0 aliphatic carbocycles. The number of carbonyl (C=O) groups excluding carboxylic acids is 1. The lowest BCUT2D eigenvalue weighted by molar-refractivity contribution is -0.116. The van der Waals surface area contributed by atoms with Crippen LogP contribution >= 0.6 is 0 Å². The Labute approximate surface area is 153 Å². The zero-order chi connectivity index (χ0) is 18.2. The quantitative estimate of drug-likeness (QED) is 0.679. The molecule has 5 heteroatoms. The number of aryl methyl sites for hydroxylation is 2. The molecular formula is C21H22N4O. The van der Waals surface area contributed by atoms with Gasteiger partial charge in [0.15, 0.2) is 5.82 Å². The summed E-state index contributed by atoms with van der Waals surface area (Å²) < 4.78 is 0. The van der Waals surface area contributed by atoms with Crippen LogP contribution in [0.4, 0.5) is 11.6 Å². The van der Waals surface area contributed by atoms with E-state index in [9.17, 15) is 4.79 Å². The van der Waals surface area contributed by atoms with Crippen molar-refractivity contribution in [2.45, 2.75) is 26.3 Å². The summed E-state index contributed by atoms with van der Waals surface area (Å²) in [6.07, 6.45) is 1.12. The Morgan fingerprint density at radius 2 is 1.62 bits per heavy atom. The molecular weight excluding hydrogens is 324 g/mol. The molecule has 0 spiro atoms. The first-order chi connectivity index (χ1) is 12.7. The zero-order valence-corrected chi connectivity index (χ0v) is 14.8. The minimum Gasteiger partial charge on any atom is -0.365 e. The number of hydrogen-bond acceptors (Lipinski definition) is 4. The predicted octanol–water partition coefficient (Wildman–Crippen LogP) is 3.97. The first kappa shape index (κ1) is 17.6. The third kappa shape index (κ3) is 5.41. The van der Waals surface area contributed by atoms with Crippen LogP contribution in [0.3, 0.4) is 0 Å². The van der Waals surface area contributed by atoms with Gasteiger partial charge in [-0.25, -0.2) is 0 Å². The second-order valence-corrected chi connectivity index (χ2v) is 6.18. The normalized spacial score (nSPS) is 10.3. The van der Waals surface area contributed by atoms with Crippen molar-refractivity contribution in [1.29, 1.82) is 0 Å². The fourth-order valence-corrected chi connectivity index (χ4v) is 2.62. The summed E-state index contributed by atoms with van der Waals surface area (Å²) >= 11 is 0. The molecule has 132 valence electrons. The van der Waals surface area contributed by atoms with Crippen molar-refractivity contribution in [1.82, 2.24) is 10.2 Å². The first-order valence-corrected chi connectivity index (χ1v) is 8.66. The van der Waals surface area contributed by atoms with Crippen LogP contribution in [0.15, 0.2) is 66.7 Å². The number of benzene rings is 2. The SMILES string of the molecule is Cc1cccc(CNc2ccc(NC(=O)CCc3ccccc3)nn2)c1. The topological polar surface area (TPSA) is 66.9 Å². The van der Waals surface area contributed by atoms with Gasteiger partial charge >= 0.3 is 0 Å². The second-order valence-electron chi connectivity index (χ2n) is 6.18. The molecule has 1 heterocycles. The number of hydrogen-bond donors (Lipinski definition) is 2. The van der Waals surface area contributed by atoms with Gasteiger partial charge in [-0.3, -0.25) is 4.79 Å². The number of anilines is 2. The third-order valence-corrected chi connectivity index (χ3v) is 3.97. The second kappa shape index (κ2) is 8.76. The van der Waals surface area contributed by atoms with Gasteiger partial charge in [0.1, 0.15) is 5.82 Å². The van der Waals surface area contributed by atoms with Crippen molar-refractivity contribution < 1.29 is 4.79 Å². The highest BCUT2D eigenvalue weighted by molar-refractivity contribution is 5.89. The molecule has 0 saturated heterocycles. The van der Waals surface area contributed by atoms with Gasteiger partial charge in [-0.15, -0.1) is 10.2 Å². The molecule has 3 rings (SSSR count). The molecule has 0 saturated carbocycles. The lowest BCUT2D eigenvalue weighted by atomic mass is 10.1. The van der Waals surface area contributed by atoms with Crippen LogP contribution < -0.4 is 10.6 Å². The number of aromatic nitrogens is 2. The summed E-state index contributed by atoms with van der Waals surface area (Å²) in [6, 6.07) is 21.8. The highest BCUT2D eigenvalue weighted by Crippen LogP contribution is 2.10. The molecule has 0 aliphatic rings. The highest BCUT2D eigenvalue weighted by Gasteiger charge is 2.05. The molecule has 0 aliphatic heterocycles. The van der Waals surface area contributed by atoms with Crippen LogP contribution in [0, 0.1) is 6.92 Å². The van der Waals surface area contributed by atoms with Crippen molar-refractivity contribution in [3.05, 3.63) is 83.4 Å². The Morgan fingerprint density at radius 3 is 2.35 bits per heavy atom. The Bertz CT molecular complexity index is 847. The molecule has 3 aromatic rings. The molecule has 0 atom stereocenters. The van der Waals surface area contributed by atoms with Crippen LogP contribution in [-0.2, 0) is 17.8 Å². The Kier molecular flexibility index (Phi) is 5.93. The molecule has 1 aromatic heterocycles. The third-order valence-electron chi connectivity index (χ3n) is 3.97. The first-order valence-electron chi connectivity index (χ1n) is 8.66. The van der Waals surface area contributed by atoms with Crippen LogP contribution in [0.25, 0.3) is 0 Å². The van der Waals surface area contributed by atoms with E-state index < -0.39 is 0 Å². The zero-order valence-electron chi connectivity index (χ0n) is 14.8. The van der Waals surface area contributed by atoms with Gasteiger partial charge < -0.3 is 10.6 Å². The maximum Gasteiger partial charge on any atom is 0.225 e. The largest absolute Gasteiger partial charge is 0.365 e. The van der Waals surface area contributed by atoms with Crippen molar-refractivity contribution in [2.75, 3.05) is 10.6 Å². The van der Waals surface area contributed by atoms with E-state index in [4.69, 9.17) is 0 Å². The molecule has 2 N–H and O–H groups in total. The van der Waals surface area contributed by atoms with Gasteiger partial charge in [-0.2, -0.15) is 0 Å². The number of nitrogens with one attached hydrogen (secondary N) is 2. The van der Waals surface area contributed by atoms with E-state index >= 15 is 0 Å². The fourth-order valence-electron chi connectivity index (χ4n) is 2.62. The minimum absolute atomic E-state index is 0.0661. The summed E-state index contributed by atoms with van der Waals surface area (Å²) in [4.78, 5) is 12.0. The molecule has 2 aromatic carbocycles. The summed E-state index contributed by atoms with van der Waals surface area (Å²) in [6.45, 7) is 2.75. The smallest absolute Gasteiger partial charge is 0.225 e. The van der Waals surface area contributed by atoms with E-state index in [1.54, 1.807) is 6.07 Å². The summed E-state index contributed by atoms with van der Waals surface area (Å²) in [5.41, 5.74) is 3.55. The van der Waals surface area contributed by atoms with E-state index in [1.165, 1.54) is 11.1 Å². The molecule has 0 radical (unpaired) electrons. The molecule has 0 unspecified atom stereocenters. The highest BCUT2D eigenvalue weighted by atomic mass is 16.1. The van der Waals surface area contributed by atoms with E-state index in [0.29, 0.717) is 31.0 Å². The van der Waals surface area contributed by atoms with Gasteiger partial charge in [-0.05, 0) is 36.6 Å². The maximum absolute atomic E-state index is 12.0. The van der Waals surface area contributed by atoms with Gasteiger partial charge in [0, 0.05) is 13.0 Å². The lowest BCUT2D eigenvalue weighted by Gasteiger charge is -2.07. The predicted molar refractivity (Wildman–Crippen MR) is 104 cm³/mol.